The summed E-state index contributed by atoms with van der Waals surface area (Å²) >= 11 is 0. The van der Waals surface area contributed by atoms with Crippen LogP contribution in [0, 0.1) is 0 Å². The van der Waals surface area contributed by atoms with Crippen LogP contribution in [0.4, 0.5) is 5.69 Å². The molecule has 0 amide bonds. The number of fused-ring (bicyclic) bond motifs is 3. The summed E-state index contributed by atoms with van der Waals surface area (Å²) < 4.78 is 4.73. The van der Waals surface area contributed by atoms with E-state index in [1.54, 1.807) is 18.2 Å². The van der Waals surface area contributed by atoms with E-state index in [1.165, 1.54) is 27.7 Å². The second kappa shape index (κ2) is 7.71. The van der Waals surface area contributed by atoms with Crippen molar-refractivity contribution in [2.24, 2.45) is 0 Å². The number of allylic oxidation sites excluding steroid dienone is 3. The number of benzene rings is 3. The molecule has 0 aromatic heterocycles. The molecule has 4 rings (SSSR count). The van der Waals surface area contributed by atoms with Crippen molar-refractivity contribution in [1.29, 1.82) is 0 Å². The second-order valence-electron chi connectivity index (χ2n) is 7.90. The third-order valence-corrected chi connectivity index (χ3v) is 5.77. The average molecular weight is 399 g/mol. The highest BCUT2D eigenvalue weighted by Crippen LogP contribution is 2.50. The Morgan fingerprint density at radius 2 is 1.90 bits per heavy atom. The van der Waals surface area contributed by atoms with Gasteiger partial charge in [-0.05, 0) is 53.1 Å². The van der Waals surface area contributed by atoms with Crippen molar-refractivity contribution in [2.45, 2.75) is 26.2 Å². The number of anilines is 1. The van der Waals surface area contributed by atoms with Gasteiger partial charge < -0.3 is 14.7 Å². The minimum Gasteiger partial charge on any atom is -0.504 e. The Labute approximate surface area is 176 Å². The SMILES string of the molecule is CCN1C(=CC=Cc2ccc(OC=O)c(O)c2)C(C)(C)c2c1ccc1ccccc21. The Bertz CT molecular complexity index is 1170. The number of ether oxygens (including phenoxy) is 1. The number of aromatic hydroxyl groups is 1. The molecule has 0 spiro atoms. The quantitative estimate of drug-likeness (QED) is 0.551. The molecule has 4 nitrogen and oxygen atoms in total. The number of carbonyl (C=O) groups excluding carboxylic acids is 1. The highest BCUT2D eigenvalue weighted by atomic mass is 16.5. The van der Waals surface area contributed by atoms with Crippen LogP contribution < -0.4 is 9.64 Å². The molecule has 30 heavy (non-hydrogen) atoms. The molecule has 0 bridgehead atoms. The highest BCUT2D eigenvalue weighted by Gasteiger charge is 2.40. The maximum absolute atomic E-state index is 10.5. The molecule has 0 unspecified atom stereocenters. The number of carbonyl (C=O) groups is 1. The molecule has 1 N–H and O–H groups in total. The number of phenols is 1. The summed E-state index contributed by atoms with van der Waals surface area (Å²) in [5.74, 6) is 0.0871. The van der Waals surface area contributed by atoms with Crippen LogP contribution in [0.5, 0.6) is 11.5 Å². The van der Waals surface area contributed by atoms with Gasteiger partial charge in [0.15, 0.2) is 11.5 Å². The Morgan fingerprint density at radius 3 is 2.63 bits per heavy atom. The summed E-state index contributed by atoms with van der Waals surface area (Å²) in [5, 5.41) is 12.5. The fraction of sp³-hybridized carbons (Fsp3) is 0.192. The molecule has 1 heterocycles. The first-order valence-electron chi connectivity index (χ1n) is 10.1. The normalized spacial score (nSPS) is 16.4. The topological polar surface area (TPSA) is 49.8 Å². The van der Waals surface area contributed by atoms with Crippen LogP contribution in [-0.2, 0) is 10.2 Å². The lowest BCUT2D eigenvalue weighted by Gasteiger charge is -2.26. The molecular weight excluding hydrogens is 374 g/mol. The van der Waals surface area contributed by atoms with Gasteiger partial charge in [-0.3, -0.25) is 4.79 Å². The van der Waals surface area contributed by atoms with Gasteiger partial charge in [0.1, 0.15) is 0 Å². The van der Waals surface area contributed by atoms with Gasteiger partial charge in [0.05, 0.1) is 0 Å². The van der Waals surface area contributed by atoms with E-state index in [0.717, 1.165) is 12.1 Å². The molecule has 3 aromatic carbocycles. The van der Waals surface area contributed by atoms with Gasteiger partial charge in [0, 0.05) is 23.3 Å². The lowest BCUT2D eigenvalue weighted by atomic mass is 9.81. The van der Waals surface area contributed by atoms with Crippen LogP contribution in [0.1, 0.15) is 31.9 Å². The summed E-state index contributed by atoms with van der Waals surface area (Å²) in [6, 6.07) is 17.9. The number of phenolic OH excluding ortho intramolecular Hbond substituents is 1. The van der Waals surface area contributed by atoms with E-state index < -0.39 is 0 Å². The summed E-state index contributed by atoms with van der Waals surface area (Å²) in [4.78, 5) is 12.8. The minimum absolute atomic E-state index is 0.0628. The molecule has 0 atom stereocenters. The van der Waals surface area contributed by atoms with Gasteiger partial charge in [-0.2, -0.15) is 0 Å². The first kappa shape index (κ1) is 19.8. The fourth-order valence-electron chi connectivity index (χ4n) is 4.42. The van der Waals surface area contributed by atoms with E-state index in [4.69, 9.17) is 4.74 Å². The predicted octanol–water partition coefficient (Wildman–Crippen LogP) is 5.80. The Hall–Kier alpha value is -3.53. The number of hydrogen-bond donors (Lipinski definition) is 1. The van der Waals surface area contributed by atoms with Gasteiger partial charge in [0.2, 0.25) is 0 Å². The van der Waals surface area contributed by atoms with Gasteiger partial charge in [-0.25, -0.2) is 0 Å². The van der Waals surface area contributed by atoms with Gasteiger partial charge in [-0.1, -0.05) is 62.4 Å². The molecule has 1 aliphatic rings. The van der Waals surface area contributed by atoms with Gasteiger partial charge >= 0.3 is 0 Å². The minimum atomic E-state index is -0.139. The van der Waals surface area contributed by atoms with Crippen LogP contribution in [0.2, 0.25) is 0 Å². The average Bonchev–Trinajstić information content (AvgIpc) is 2.96. The zero-order valence-electron chi connectivity index (χ0n) is 17.4. The van der Waals surface area contributed by atoms with Crippen molar-refractivity contribution in [3.05, 3.63) is 83.6 Å². The Balaban J connectivity index is 1.72. The van der Waals surface area contributed by atoms with E-state index in [1.807, 2.05) is 12.2 Å². The van der Waals surface area contributed by atoms with E-state index in [9.17, 15) is 9.90 Å². The molecule has 0 aliphatic carbocycles. The lowest BCUT2D eigenvalue weighted by Crippen LogP contribution is -2.25. The van der Waals surface area contributed by atoms with Crippen molar-refractivity contribution >= 4 is 29.0 Å². The van der Waals surface area contributed by atoms with Crippen molar-refractivity contribution in [2.75, 3.05) is 11.4 Å². The molecule has 0 saturated carbocycles. The molecule has 1 aliphatic heterocycles. The van der Waals surface area contributed by atoms with Crippen LogP contribution >= 0.6 is 0 Å². The van der Waals surface area contributed by atoms with Crippen LogP contribution in [-0.4, -0.2) is 18.1 Å². The molecular formula is C26H25NO3. The van der Waals surface area contributed by atoms with Crippen LogP contribution in [0.15, 0.2) is 72.4 Å². The third-order valence-electron chi connectivity index (χ3n) is 5.77. The van der Waals surface area contributed by atoms with Gasteiger partial charge in [0.25, 0.3) is 6.47 Å². The largest absolute Gasteiger partial charge is 0.504 e. The van der Waals surface area contributed by atoms with Crippen molar-refractivity contribution in [3.8, 4) is 11.5 Å². The highest BCUT2D eigenvalue weighted by molar-refractivity contribution is 5.94. The zero-order valence-corrected chi connectivity index (χ0v) is 17.4. The second-order valence-corrected chi connectivity index (χ2v) is 7.90. The fourth-order valence-corrected chi connectivity index (χ4v) is 4.42. The number of likely N-dealkylation sites (N-methyl/N-ethyl adjacent to an activating group) is 1. The molecule has 0 fully saturated rings. The lowest BCUT2D eigenvalue weighted by molar-refractivity contribution is -0.120. The van der Waals surface area contributed by atoms with Gasteiger partial charge in [-0.15, -0.1) is 0 Å². The molecule has 152 valence electrons. The number of hydrogen-bond acceptors (Lipinski definition) is 4. The number of rotatable bonds is 5. The molecule has 3 aromatic rings. The molecule has 4 heteroatoms. The first-order chi connectivity index (χ1) is 14.5. The van der Waals surface area contributed by atoms with Crippen molar-refractivity contribution in [1.82, 2.24) is 0 Å². The van der Waals surface area contributed by atoms with Crippen LogP contribution in [0.25, 0.3) is 16.8 Å². The standard InChI is InChI=1S/C26H25NO3/c1-4-27-21-14-13-19-9-5-6-10-20(19)25(21)26(2,3)24(27)11-7-8-18-12-15-23(30-17-28)22(29)16-18/h5-17,29H,4H2,1-3H3. The van der Waals surface area contributed by atoms with Crippen molar-refractivity contribution < 1.29 is 14.6 Å². The predicted molar refractivity (Wildman–Crippen MR) is 122 cm³/mol. The van der Waals surface area contributed by atoms with Crippen LogP contribution in [0.3, 0.4) is 0 Å². The maximum atomic E-state index is 10.5. The monoisotopic (exact) mass is 399 g/mol. The third kappa shape index (κ3) is 3.24. The van der Waals surface area contributed by atoms with E-state index >= 15 is 0 Å². The molecule has 0 radical (unpaired) electrons. The summed E-state index contributed by atoms with van der Waals surface area (Å²) in [5.41, 5.74) is 4.53. The maximum Gasteiger partial charge on any atom is 0.298 e. The zero-order chi connectivity index (χ0) is 21.3. The first-order valence-corrected chi connectivity index (χ1v) is 10.1. The van der Waals surface area contributed by atoms with E-state index in [-0.39, 0.29) is 16.9 Å². The summed E-state index contributed by atoms with van der Waals surface area (Å²) in [7, 11) is 0. The Morgan fingerprint density at radius 1 is 1.10 bits per heavy atom. The number of nitrogens with zero attached hydrogens (tertiary/aromatic N) is 1. The molecule has 0 saturated heterocycles. The summed E-state index contributed by atoms with van der Waals surface area (Å²) in [6.45, 7) is 7.89. The summed E-state index contributed by atoms with van der Waals surface area (Å²) in [6.07, 6.45) is 6.08. The van der Waals surface area contributed by atoms with E-state index in [2.05, 4.69) is 68.1 Å². The smallest absolute Gasteiger partial charge is 0.298 e. The van der Waals surface area contributed by atoms with Crippen molar-refractivity contribution in [3.63, 3.8) is 0 Å². The Kier molecular flexibility index (Phi) is 5.08. The van der Waals surface area contributed by atoms with E-state index in [0.29, 0.717) is 6.47 Å².